The van der Waals surface area contributed by atoms with Crippen molar-refractivity contribution in [2.24, 2.45) is 0 Å². The van der Waals surface area contributed by atoms with E-state index in [9.17, 15) is 22.8 Å². The third-order valence-electron chi connectivity index (χ3n) is 2.35. The summed E-state index contributed by atoms with van der Waals surface area (Å²) in [6.07, 6.45) is -4.52. The highest BCUT2D eigenvalue weighted by Gasteiger charge is 2.31. The van der Waals surface area contributed by atoms with Crippen LogP contribution < -0.4 is 5.32 Å². The van der Waals surface area contributed by atoms with Gasteiger partial charge in [0.25, 0.3) is 5.91 Å². The van der Waals surface area contributed by atoms with Crippen molar-refractivity contribution in [3.8, 4) is 0 Å². The Morgan fingerprint density at radius 3 is 2.47 bits per heavy atom. The molecule has 19 heavy (non-hydrogen) atoms. The zero-order valence-electron chi connectivity index (χ0n) is 10.2. The van der Waals surface area contributed by atoms with Gasteiger partial charge in [-0.1, -0.05) is 6.07 Å². The molecule has 7 heteroatoms. The van der Waals surface area contributed by atoms with E-state index in [1.807, 2.05) is 0 Å². The molecule has 0 aliphatic rings. The Bertz CT molecular complexity index is 485. The summed E-state index contributed by atoms with van der Waals surface area (Å²) in [6, 6.07) is 3.00. The first kappa shape index (κ1) is 15.0. The maximum Gasteiger partial charge on any atom is 0.416 e. The van der Waals surface area contributed by atoms with Gasteiger partial charge in [-0.05, 0) is 25.1 Å². The molecular formula is C12H12F3NO3. The number of methoxy groups -OCH3 is 1. The molecule has 4 nitrogen and oxygen atoms in total. The zero-order valence-corrected chi connectivity index (χ0v) is 10.2. The molecule has 1 rings (SSSR count). The number of carbonyl (C=O) groups is 2. The van der Waals surface area contributed by atoms with E-state index in [1.165, 1.54) is 13.0 Å². The third kappa shape index (κ3) is 3.97. The summed E-state index contributed by atoms with van der Waals surface area (Å²) < 4.78 is 41.8. The van der Waals surface area contributed by atoms with Gasteiger partial charge in [0, 0.05) is 5.56 Å². The van der Waals surface area contributed by atoms with Gasteiger partial charge in [0.15, 0.2) is 0 Å². The molecule has 0 aromatic heterocycles. The molecule has 0 aliphatic heterocycles. The van der Waals surface area contributed by atoms with Crippen molar-refractivity contribution < 1.29 is 27.5 Å². The van der Waals surface area contributed by atoms with Gasteiger partial charge < -0.3 is 10.1 Å². The molecule has 1 aromatic carbocycles. The largest absolute Gasteiger partial charge is 0.467 e. The number of esters is 1. The molecule has 0 heterocycles. The predicted octanol–water partition coefficient (Wildman–Crippen LogP) is 2.00. The number of hydrogen-bond acceptors (Lipinski definition) is 3. The van der Waals surface area contributed by atoms with Crippen LogP contribution in [0.3, 0.4) is 0 Å². The van der Waals surface area contributed by atoms with Crippen LogP contribution in [0.4, 0.5) is 13.2 Å². The lowest BCUT2D eigenvalue weighted by molar-refractivity contribution is -0.142. The smallest absolute Gasteiger partial charge is 0.416 e. The summed E-state index contributed by atoms with van der Waals surface area (Å²) in [6.45, 7) is 1.37. The van der Waals surface area contributed by atoms with E-state index in [-0.39, 0.29) is 5.56 Å². The van der Waals surface area contributed by atoms with Crippen molar-refractivity contribution in [1.82, 2.24) is 5.32 Å². The molecule has 0 bridgehead atoms. The topological polar surface area (TPSA) is 55.4 Å². The lowest BCUT2D eigenvalue weighted by Crippen LogP contribution is -2.39. The van der Waals surface area contributed by atoms with Crippen molar-refractivity contribution in [2.45, 2.75) is 19.1 Å². The van der Waals surface area contributed by atoms with Gasteiger partial charge >= 0.3 is 12.1 Å². The highest BCUT2D eigenvalue weighted by molar-refractivity contribution is 5.96. The minimum atomic E-state index is -4.52. The second-order valence-electron chi connectivity index (χ2n) is 3.80. The highest BCUT2D eigenvalue weighted by atomic mass is 19.4. The molecule has 1 atom stereocenters. The molecule has 0 aliphatic carbocycles. The number of nitrogens with one attached hydrogen (secondary N) is 1. The van der Waals surface area contributed by atoms with Crippen molar-refractivity contribution in [1.29, 1.82) is 0 Å². The summed E-state index contributed by atoms with van der Waals surface area (Å²) in [7, 11) is 1.15. The summed E-state index contributed by atoms with van der Waals surface area (Å²) in [5, 5.41) is 2.24. The number of rotatable bonds is 3. The van der Waals surface area contributed by atoms with Crippen LogP contribution in [-0.4, -0.2) is 25.0 Å². The number of benzene rings is 1. The van der Waals surface area contributed by atoms with Crippen molar-refractivity contribution in [3.05, 3.63) is 35.4 Å². The Morgan fingerprint density at radius 1 is 1.32 bits per heavy atom. The SMILES string of the molecule is COC(=O)[C@H](C)NC(=O)c1cccc(C(F)(F)F)c1. The first-order valence-corrected chi connectivity index (χ1v) is 5.31. The van der Waals surface area contributed by atoms with Crippen molar-refractivity contribution in [3.63, 3.8) is 0 Å². The van der Waals surface area contributed by atoms with Crippen molar-refractivity contribution in [2.75, 3.05) is 7.11 Å². The average molecular weight is 275 g/mol. The van der Waals surface area contributed by atoms with Crippen LogP contribution in [-0.2, 0) is 15.7 Å². The first-order chi connectivity index (χ1) is 8.75. The lowest BCUT2D eigenvalue weighted by Gasteiger charge is -2.12. The third-order valence-corrected chi connectivity index (χ3v) is 2.35. The molecule has 104 valence electrons. The van der Waals surface area contributed by atoms with Crippen LogP contribution in [0.5, 0.6) is 0 Å². The van der Waals surface area contributed by atoms with Gasteiger partial charge in [-0.3, -0.25) is 4.79 Å². The normalized spacial score (nSPS) is 12.7. The maximum atomic E-state index is 12.5. The van der Waals surface area contributed by atoms with E-state index >= 15 is 0 Å². The summed E-state index contributed by atoms with van der Waals surface area (Å²) in [5.74, 6) is -1.45. The van der Waals surface area contributed by atoms with Crippen LogP contribution in [0.15, 0.2) is 24.3 Å². The molecule has 0 saturated heterocycles. The molecule has 0 fully saturated rings. The molecule has 0 radical (unpaired) electrons. The quantitative estimate of drug-likeness (QED) is 0.858. The molecular weight excluding hydrogens is 263 g/mol. The molecule has 0 spiro atoms. The first-order valence-electron chi connectivity index (χ1n) is 5.31. The maximum absolute atomic E-state index is 12.5. The van der Waals surface area contributed by atoms with Gasteiger partial charge in [-0.2, -0.15) is 13.2 Å². The number of hydrogen-bond donors (Lipinski definition) is 1. The molecule has 1 aromatic rings. The second-order valence-corrected chi connectivity index (χ2v) is 3.80. The van der Waals surface area contributed by atoms with Crippen LogP contribution in [0, 0.1) is 0 Å². The monoisotopic (exact) mass is 275 g/mol. The minimum Gasteiger partial charge on any atom is -0.467 e. The summed E-state index contributed by atoms with van der Waals surface area (Å²) in [4.78, 5) is 22.8. The Hall–Kier alpha value is -2.05. The van der Waals surface area contributed by atoms with E-state index < -0.39 is 29.7 Å². The standard InChI is InChI=1S/C12H12F3NO3/c1-7(11(18)19-2)16-10(17)8-4-3-5-9(6-8)12(13,14)15/h3-7H,1-2H3,(H,16,17)/t7-/m0/s1. The van der Waals surface area contributed by atoms with E-state index in [4.69, 9.17) is 0 Å². The number of carbonyl (C=O) groups excluding carboxylic acids is 2. The van der Waals surface area contributed by atoms with Gasteiger partial charge in [-0.25, -0.2) is 4.79 Å². The average Bonchev–Trinajstić information content (AvgIpc) is 2.36. The van der Waals surface area contributed by atoms with Gasteiger partial charge in [0.1, 0.15) is 6.04 Å². The van der Waals surface area contributed by atoms with Gasteiger partial charge in [0.2, 0.25) is 0 Å². The zero-order chi connectivity index (χ0) is 14.6. The van der Waals surface area contributed by atoms with Crippen LogP contribution in [0.1, 0.15) is 22.8 Å². The molecule has 1 amide bonds. The van der Waals surface area contributed by atoms with E-state index in [0.717, 1.165) is 25.3 Å². The van der Waals surface area contributed by atoms with Crippen LogP contribution >= 0.6 is 0 Å². The Morgan fingerprint density at radius 2 is 1.95 bits per heavy atom. The Labute approximate surface area is 107 Å². The minimum absolute atomic E-state index is 0.175. The molecule has 0 saturated carbocycles. The Kier molecular flexibility index (Phi) is 4.52. The molecule has 0 unspecified atom stereocenters. The summed E-state index contributed by atoms with van der Waals surface area (Å²) in [5.41, 5.74) is -1.10. The second kappa shape index (κ2) is 5.73. The Balaban J connectivity index is 2.86. The van der Waals surface area contributed by atoms with Gasteiger partial charge in [0.05, 0.1) is 12.7 Å². The van der Waals surface area contributed by atoms with E-state index in [1.54, 1.807) is 0 Å². The number of amides is 1. The summed E-state index contributed by atoms with van der Waals surface area (Å²) >= 11 is 0. The fraction of sp³-hybridized carbons (Fsp3) is 0.333. The highest BCUT2D eigenvalue weighted by Crippen LogP contribution is 2.29. The number of halogens is 3. The lowest BCUT2D eigenvalue weighted by atomic mass is 10.1. The predicted molar refractivity (Wildman–Crippen MR) is 60.4 cm³/mol. The van der Waals surface area contributed by atoms with Crippen molar-refractivity contribution >= 4 is 11.9 Å². The molecule has 1 N–H and O–H groups in total. The van der Waals surface area contributed by atoms with E-state index in [0.29, 0.717) is 0 Å². The van der Waals surface area contributed by atoms with Gasteiger partial charge in [-0.15, -0.1) is 0 Å². The fourth-order valence-corrected chi connectivity index (χ4v) is 1.35. The number of alkyl halides is 3. The van der Waals surface area contributed by atoms with Crippen LogP contribution in [0.25, 0.3) is 0 Å². The van der Waals surface area contributed by atoms with E-state index in [2.05, 4.69) is 10.1 Å². The number of ether oxygens (including phenoxy) is 1. The fourth-order valence-electron chi connectivity index (χ4n) is 1.35. The van der Waals surface area contributed by atoms with Crippen LogP contribution in [0.2, 0.25) is 0 Å².